The molecule has 54 heavy (non-hydrogen) atoms. The first kappa shape index (κ1) is 51.1. The molecule has 16 nitrogen and oxygen atoms in total. The van der Waals surface area contributed by atoms with Crippen LogP contribution in [0.25, 0.3) is 0 Å². The van der Waals surface area contributed by atoms with Gasteiger partial charge in [-0.05, 0) is 109 Å². The van der Waals surface area contributed by atoms with Crippen LogP contribution >= 0.6 is 11.6 Å². The summed E-state index contributed by atoms with van der Waals surface area (Å²) in [5, 5.41) is 23.7. The number of nitrogens with zero attached hydrogens (tertiary/aromatic N) is 3. The number of nitrogens with one attached hydrogen (secondary N) is 1. The van der Waals surface area contributed by atoms with Gasteiger partial charge >= 0.3 is 24.4 Å². The monoisotopic (exact) mass is 784 g/mol. The molecule has 0 aliphatic heterocycles. The van der Waals surface area contributed by atoms with Crippen LogP contribution in [0.1, 0.15) is 113 Å². The molecular weight excluding hydrogens is 728 g/mol. The number of alkyl carbamates (subject to hydrolysis) is 2. The standard InChI is InChI=1S/C18H26N2O6.C10H19NO4.C8H8ClNO2.CH4/c1-12-8-9-14(20(23)24)13(10-12)11-19(15(21)25-17(2,3)4)16(22)26-18(5,6)7;1-9(2,3)14-7(12)11-8(13)15-10(4,5)6;1-6-2-3-8(10(11)12)7(4-6)5-9;/h8-10H,11H2,1-7H3;1-6H3,(H,11,12,13);2-4H,5H2,1H3;1H4. The Morgan fingerprint density at radius 2 is 0.944 bits per heavy atom. The van der Waals surface area contributed by atoms with E-state index in [-0.39, 0.29) is 36.8 Å². The number of halogens is 1. The molecule has 304 valence electrons. The quantitative estimate of drug-likeness (QED) is 0.130. The number of benzene rings is 2. The van der Waals surface area contributed by atoms with Gasteiger partial charge < -0.3 is 18.9 Å². The minimum absolute atomic E-state index is 0. The van der Waals surface area contributed by atoms with Crippen LogP contribution in [0.15, 0.2) is 36.4 Å². The number of aryl methyl sites for hydroxylation is 2. The average Bonchev–Trinajstić information content (AvgIpc) is 2.92. The molecule has 0 bridgehead atoms. The van der Waals surface area contributed by atoms with Crippen LogP contribution in [-0.2, 0) is 31.4 Å². The van der Waals surface area contributed by atoms with Crippen molar-refractivity contribution in [2.45, 2.75) is 139 Å². The molecule has 1 N–H and O–H groups in total. The highest BCUT2D eigenvalue weighted by molar-refractivity contribution is 6.17. The summed E-state index contributed by atoms with van der Waals surface area (Å²) in [6, 6.07) is 9.40. The SMILES string of the molecule is C.CC(C)(C)OC(=O)NC(=O)OC(C)(C)C.Cc1ccc([N+](=O)[O-])c(CCl)c1.Cc1ccc([N+](=O)[O-])c(CN(C(=O)OC(C)(C)C)C(=O)OC(C)(C)C)c1. The fourth-order valence-corrected chi connectivity index (χ4v) is 3.93. The number of ether oxygens (including phenoxy) is 4. The molecule has 0 aliphatic carbocycles. The van der Waals surface area contributed by atoms with Crippen molar-refractivity contribution in [3.05, 3.63) is 78.9 Å². The second kappa shape index (κ2) is 21.0. The Labute approximate surface area is 323 Å². The van der Waals surface area contributed by atoms with Gasteiger partial charge in [0.15, 0.2) is 0 Å². The maximum atomic E-state index is 12.5. The molecule has 2 aromatic carbocycles. The molecule has 0 saturated carbocycles. The number of rotatable bonds is 5. The molecule has 0 spiro atoms. The number of nitro benzene ring substituents is 2. The lowest BCUT2D eigenvalue weighted by atomic mass is 10.1. The number of amides is 4. The van der Waals surface area contributed by atoms with E-state index in [0.717, 1.165) is 16.0 Å². The zero-order valence-electron chi connectivity index (χ0n) is 33.0. The molecule has 0 aliphatic rings. The van der Waals surface area contributed by atoms with Gasteiger partial charge in [-0.15, -0.1) is 11.6 Å². The summed E-state index contributed by atoms with van der Waals surface area (Å²) in [4.78, 5) is 68.7. The zero-order chi connectivity index (χ0) is 41.7. The Morgan fingerprint density at radius 3 is 1.24 bits per heavy atom. The Kier molecular flexibility index (Phi) is 19.9. The van der Waals surface area contributed by atoms with Crippen molar-refractivity contribution in [1.82, 2.24) is 10.2 Å². The summed E-state index contributed by atoms with van der Waals surface area (Å²) in [5.41, 5.74) is -0.504. The van der Waals surface area contributed by atoms with E-state index >= 15 is 0 Å². The van der Waals surface area contributed by atoms with Crippen LogP contribution in [0.4, 0.5) is 30.6 Å². The molecule has 0 heterocycles. The third-order valence-electron chi connectivity index (χ3n) is 5.57. The van der Waals surface area contributed by atoms with E-state index in [4.69, 9.17) is 30.5 Å². The fourth-order valence-electron chi connectivity index (χ4n) is 3.72. The number of imide groups is 2. The number of alkyl halides is 1. The number of hydrogen-bond acceptors (Lipinski definition) is 12. The minimum atomic E-state index is -0.928. The zero-order valence-corrected chi connectivity index (χ0v) is 33.8. The van der Waals surface area contributed by atoms with Gasteiger partial charge in [0, 0.05) is 17.7 Å². The molecular formula is C37H57ClN4O12. The Morgan fingerprint density at radius 1 is 0.630 bits per heavy atom. The van der Waals surface area contributed by atoms with Gasteiger partial charge in [-0.1, -0.05) is 30.7 Å². The third kappa shape index (κ3) is 22.2. The average molecular weight is 785 g/mol. The van der Waals surface area contributed by atoms with Crippen molar-refractivity contribution in [1.29, 1.82) is 0 Å². The van der Waals surface area contributed by atoms with Gasteiger partial charge in [0.2, 0.25) is 0 Å². The second-order valence-electron chi connectivity index (χ2n) is 15.6. The van der Waals surface area contributed by atoms with Crippen molar-refractivity contribution in [3.8, 4) is 0 Å². The topological polar surface area (TPSA) is 207 Å². The first-order valence-electron chi connectivity index (χ1n) is 16.3. The molecule has 0 saturated heterocycles. The largest absolute Gasteiger partial charge is 0.443 e. The summed E-state index contributed by atoms with van der Waals surface area (Å²) in [6.45, 7) is 23.5. The van der Waals surface area contributed by atoms with Gasteiger partial charge in [0.1, 0.15) is 22.4 Å². The molecule has 2 aromatic rings. The molecule has 0 radical (unpaired) electrons. The van der Waals surface area contributed by atoms with Crippen molar-refractivity contribution in [2.24, 2.45) is 0 Å². The fraction of sp³-hybridized carbons (Fsp3) is 0.568. The predicted octanol–water partition coefficient (Wildman–Crippen LogP) is 10.3. The van der Waals surface area contributed by atoms with Gasteiger partial charge in [-0.3, -0.25) is 20.2 Å². The van der Waals surface area contributed by atoms with Gasteiger partial charge in [-0.2, -0.15) is 0 Å². The normalized spacial score (nSPS) is 11.1. The van der Waals surface area contributed by atoms with Crippen LogP contribution in [-0.4, -0.2) is 61.5 Å². The van der Waals surface area contributed by atoms with E-state index in [0.29, 0.717) is 5.56 Å². The molecule has 17 heteroatoms. The summed E-state index contributed by atoms with van der Waals surface area (Å²) in [5.74, 6) is 0.179. The Balaban J connectivity index is 0. The lowest BCUT2D eigenvalue weighted by molar-refractivity contribution is -0.385. The number of carbonyl (C=O) groups is 4. The summed E-state index contributed by atoms with van der Waals surface area (Å²) in [6.07, 6.45) is -3.47. The predicted molar refractivity (Wildman–Crippen MR) is 206 cm³/mol. The summed E-state index contributed by atoms with van der Waals surface area (Å²) >= 11 is 5.54. The lowest BCUT2D eigenvalue weighted by Gasteiger charge is -2.28. The maximum Gasteiger partial charge on any atom is 0.420 e. The minimum Gasteiger partial charge on any atom is -0.443 e. The molecule has 4 amide bonds. The third-order valence-corrected chi connectivity index (χ3v) is 5.85. The van der Waals surface area contributed by atoms with Crippen LogP contribution in [0, 0.1) is 34.1 Å². The van der Waals surface area contributed by atoms with Gasteiger partial charge in [-0.25, -0.2) is 29.4 Å². The van der Waals surface area contributed by atoms with E-state index in [9.17, 15) is 39.4 Å². The highest BCUT2D eigenvalue weighted by atomic mass is 35.5. The first-order valence-corrected chi connectivity index (χ1v) is 16.9. The van der Waals surface area contributed by atoms with Crippen LogP contribution in [0.5, 0.6) is 0 Å². The van der Waals surface area contributed by atoms with E-state index in [1.165, 1.54) is 12.1 Å². The number of hydrogen-bond donors (Lipinski definition) is 1. The Hall–Kier alpha value is -4.99. The molecule has 0 atom stereocenters. The van der Waals surface area contributed by atoms with Crippen LogP contribution in [0.2, 0.25) is 0 Å². The molecule has 0 aromatic heterocycles. The van der Waals surface area contributed by atoms with Crippen molar-refractivity contribution < 1.29 is 48.0 Å². The lowest BCUT2D eigenvalue weighted by Crippen LogP contribution is -2.43. The Bertz CT molecular complexity index is 1560. The van der Waals surface area contributed by atoms with Crippen LogP contribution in [0.3, 0.4) is 0 Å². The van der Waals surface area contributed by atoms with E-state index < -0.39 is 56.6 Å². The van der Waals surface area contributed by atoms with Crippen molar-refractivity contribution in [3.63, 3.8) is 0 Å². The van der Waals surface area contributed by atoms with Crippen molar-refractivity contribution in [2.75, 3.05) is 0 Å². The number of nitro groups is 2. The summed E-state index contributed by atoms with van der Waals surface area (Å²) < 4.78 is 20.3. The molecule has 2 rings (SSSR count). The number of carbonyl (C=O) groups excluding carboxylic acids is 4. The molecule has 0 unspecified atom stereocenters. The highest BCUT2D eigenvalue weighted by Gasteiger charge is 2.33. The smallest absolute Gasteiger partial charge is 0.420 e. The maximum absolute atomic E-state index is 12.5. The second-order valence-corrected chi connectivity index (χ2v) is 15.9. The van der Waals surface area contributed by atoms with Gasteiger partial charge in [0.25, 0.3) is 11.4 Å². The summed E-state index contributed by atoms with van der Waals surface area (Å²) in [7, 11) is 0. The highest BCUT2D eigenvalue weighted by Crippen LogP contribution is 2.24. The first-order chi connectivity index (χ1) is 23.8. The van der Waals surface area contributed by atoms with Gasteiger partial charge in [0.05, 0.1) is 27.8 Å². The van der Waals surface area contributed by atoms with E-state index in [1.807, 2.05) is 12.2 Å². The van der Waals surface area contributed by atoms with Crippen LogP contribution < -0.4 is 5.32 Å². The molecule has 0 fully saturated rings. The van der Waals surface area contributed by atoms with E-state index in [1.54, 1.807) is 114 Å². The van der Waals surface area contributed by atoms with E-state index in [2.05, 4.69) is 0 Å². The van der Waals surface area contributed by atoms with Crippen molar-refractivity contribution >= 4 is 47.3 Å².